The summed E-state index contributed by atoms with van der Waals surface area (Å²) in [5, 5.41) is 9.38. The number of nitrogens with zero attached hydrogens (tertiary/aromatic N) is 3. The van der Waals surface area contributed by atoms with Crippen LogP contribution in [0.3, 0.4) is 0 Å². The van der Waals surface area contributed by atoms with Crippen molar-refractivity contribution in [3.8, 4) is 17.0 Å². The van der Waals surface area contributed by atoms with Crippen LogP contribution >= 0.6 is 0 Å². The highest BCUT2D eigenvalue weighted by atomic mass is 16.5. The van der Waals surface area contributed by atoms with E-state index >= 15 is 0 Å². The van der Waals surface area contributed by atoms with E-state index in [4.69, 9.17) is 4.74 Å². The molecule has 0 amide bonds. The van der Waals surface area contributed by atoms with Gasteiger partial charge in [-0.1, -0.05) is 0 Å². The van der Waals surface area contributed by atoms with Crippen molar-refractivity contribution < 1.29 is 9.84 Å². The van der Waals surface area contributed by atoms with E-state index in [1.54, 1.807) is 35.0 Å². The number of hydrogen-bond acceptors (Lipinski definition) is 5. The largest absolute Gasteiger partial charge is 0.508 e. The van der Waals surface area contributed by atoms with Crippen LogP contribution in [0.15, 0.2) is 35.3 Å². The van der Waals surface area contributed by atoms with Crippen LogP contribution in [0.5, 0.6) is 5.75 Å². The smallest absolute Gasteiger partial charge is 0.328 e. The van der Waals surface area contributed by atoms with Crippen LogP contribution in [0.2, 0.25) is 0 Å². The van der Waals surface area contributed by atoms with Crippen molar-refractivity contribution in [2.45, 2.75) is 25.5 Å². The maximum Gasteiger partial charge on any atom is 0.328 e. The summed E-state index contributed by atoms with van der Waals surface area (Å²) < 4.78 is 7.19. The van der Waals surface area contributed by atoms with Gasteiger partial charge in [-0.15, -0.1) is 0 Å². The van der Waals surface area contributed by atoms with E-state index in [2.05, 4.69) is 15.0 Å². The third kappa shape index (κ3) is 2.59. The van der Waals surface area contributed by atoms with E-state index in [0.29, 0.717) is 23.5 Å². The summed E-state index contributed by atoms with van der Waals surface area (Å²) in [6.07, 6.45) is 3.63. The van der Waals surface area contributed by atoms with Crippen LogP contribution in [0.4, 0.5) is 0 Å². The van der Waals surface area contributed by atoms with Crippen LogP contribution in [0, 0.1) is 0 Å². The Kier molecular flexibility index (Phi) is 3.34. The fourth-order valence-corrected chi connectivity index (χ4v) is 2.85. The lowest BCUT2D eigenvalue weighted by Gasteiger charge is -2.10. The molecule has 0 spiro atoms. The van der Waals surface area contributed by atoms with Crippen LogP contribution in [-0.4, -0.2) is 37.3 Å². The molecule has 23 heavy (non-hydrogen) atoms. The SMILES string of the molecule is O=c1[nH]c2ncc(-c3ccc(O)cc3)nc2n1CC1CCCO1. The molecule has 0 radical (unpaired) electrons. The highest BCUT2D eigenvalue weighted by Crippen LogP contribution is 2.21. The molecule has 1 atom stereocenters. The fraction of sp³-hybridized carbons (Fsp3) is 0.312. The Morgan fingerprint density at radius 1 is 1.35 bits per heavy atom. The van der Waals surface area contributed by atoms with Crippen LogP contribution < -0.4 is 5.69 Å². The Morgan fingerprint density at radius 2 is 2.17 bits per heavy atom. The Morgan fingerprint density at radius 3 is 2.91 bits per heavy atom. The Balaban J connectivity index is 1.77. The molecule has 0 aliphatic carbocycles. The second-order valence-electron chi connectivity index (χ2n) is 5.65. The van der Waals surface area contributed by atoms with Crippen molar-refractivity contribution >= 4 is 11.3 Å². The number of phenolic OH excluding ortho intramolecular Hbond substituents is 1. The lowest BCUT2D eigenvalue weighted by atomic mass is 10.1. The number of aromatic hydroxyl groups is 1. The molecule has 1 unspecified atom stereocenters. The van der Waals surface area contributed by atoms with Crippen molar-refractivity contribution in [1.82, 2.24) is 19.5 Å². The molecule has 7 heteroatoms. The number of rotatable bonds is 3. The van der Waals surface area contributed by atoms with Gasteiger partial charge in [-0.3, -0.25) is 9.55 Å². The quantitative estimate of drug-likeness (QED) is 0.767. The molecular weight excluding hydrogens is 296 g/mol. The number of imidazole rings is 1. The molecule has 0 bridgehead atoms. The molecule has 7 nitrogen and oxygen atoms in total. The average molecular weight is 312 g/mol. The minimum absolute atomic E-state index is 0.0471. The van der Waals surface area contributed by atoms with Gasteiger partial charge in [0, 0.05) is 12.2 Å². The molecule has 1 aliphatic heterocycles. The van der Waals surface area contributed by atoms with Gasteiger partial charge in [0.1, 0.15) is 5.75 Å². The molecule has 1 aromatic carbocycles. The number of H-pyrrole nitrogens is 1. The molecule has 3 aromatic rings. The van der Waals surface area contributed by atoms with E-state index < -0.39 is 0 Å². The topological polar surface area (TPSA) is 93.0 Å². The molecule has 4 rings (SSSR count). The zero-order valence-corrected chi connectivity index (χ0v) is 12.4. The van der Waals surface area contributed by atoms with E-state index in [0.717, 1.165) is 25.0 Å². The van der Waals surface area contributed by atoms with Crippen LogP contribution in [0.25, 0.3) is 22.6 Å². The highest BCUT2D eigenvalue weighted by Gasteiger charge is 2.19. The molecule has 1 saturated heterocycles. The normalized spacial score (nSPS) is 17.8. The summed E-state index contributed by atoms with van der Waals surface area (Å²) in [6, 6.07) is 6.72. The first-order valence-electron chi connectivity index (χ1n) is 7.57. The van der Waals surface area contributed by atoms with Crippen molar-refractivity contribution in [3.05, 3.63) is 40.9 Å². The van der Waals surface area contributed by atoms with E-state index in [9.17, 15) is 9.90 Å². The molecule has 118 valence electrons. The van der Waals surface area contributed by atoms with E-state index in [1.807, 2.05) is 0 Å². The maximum absolute atomic E-state index is 12.2. The third-order valence-electron chi connectivity index (χ3n) is 4.05. The van der Waals surface area contributed by atoms with E-state index in [1.165, 1.54) is 0 Å². The summed E-state index contributed by atoms with van der Waals surface area (Å²) in [5.41, 5.74) is 2.25. The number of aromatic nitrogens is 4. The van der Waals surface area contributed by atoms with Crippen molar-refractivity contribution in [3.63, 3.8) is 0 Å². The first-order valence-corrected chi connectivity index (χ1v) is 7.57. The Bertz CT molecular complexity index is 892. The van der Waals surface area contributed by atoms with Crippen molar-refractivity contribution in [2.75, 3.05) is 6.61 Å². The van der Waals surface area contributed by atoms with Gasteiger partial charge in [-0.2, -0.15) is 0 Å². The van der Waals surface area contributed by atoms with Gasteiger partial charge in [0.25, 0.3) is 0 Å². The van der Waals surface area contributed by atoms with Gasteiger partial charge in [0.2, 0.25) is 0 Å². The summed E-state index contributed by atoms with van der Waals surface area (Å²) in [6.45, 7) is 1.22. The summed E-state index contributed by atoms with van der Waals surface area (Å²) >= 11 is 0. The number of fused-ring (bicyclic) bond motifs is 1. The third-order valence-corrected chi connectivity index (χ3v) is 4.05. The Labute approximate surface area is 131 Å². The predicted molar refractivity (Wildman–Crippen MR) is 84.2 cm³/mol. The predicted octanol–water partition coefficient (Wildman–Crippen LogP) is 1.67. The first kappa shape index (κ1) is 14.0. The lowest BCUT2D eigenvalue weighted by Crippen LogP contribution is -2.24. The molecule has 2 aromatic heterocycles. The number of aromatic amines is 1. The number of benzene rings is 1. The van der Waals surface area contributed by atoms with E-state index in [-0.39, 0.29) is 17.5 Å². The maximum atomic E-state index is 12.2. The van der Waals surface area contributed by atoms with Crippen molar-refractivity contribution in [2.24, 2.45) is 0 Å². The molecule has 3 heterocycles. The minimum atomic E-state index is -0.224. The number of phenols is 1. The zero-order valence-electron chi connectivity index (χ0n) is 12.4. The van der Waals surface area contributed by atoms with Gasteiger partial charge >= 0.3 is 5.69 Å². The van der Waals surface area contributed by atoms with Gasteiger partial charge in [0.15, 0.2) is 11.3 Å². The molecule has 1 aliphatic rings. The van der Waals surface area contributed by atoms with Gasteiger partial charge in [-0.05, 0) is 37.1 Å². The van der Waals surface area contributed by atoms with Gasteiger partial charge in [-0.25, -0.2) is 14.8 Å². The summed E-state index contributed by atoms with van der Waals surface area (Å²) in [7, 11) is 0. The molecule has 2 N–H and O–H groups in total. The monoisotopic (exact) mass is 312 g/mol. The van der Waals surface area contributed by atoms with Crippen LogP contribution in [0.1, 0.15) is 12.8 Å². The second-order valence-corrected chi connectivity index (χ2v) is 5.65. The zero-order chi connectivity index (χ0) is 15.8. The fourth-order valence-electron chi connectivity index (χ4n) is 2.85. The molecular formula is C16H16N4O3. The number of nitrogens with one attached hydrogen (secondary N) is 1. The van der Waals surface area contributed by atoms with Crippen molar-refractivity contribution in [1.29, 1.82) is 0 Å². The average Bonchev–Trinajstić information content (AvgIpc) is 3.17. The minimum Gasteiger partial charge on any atom is -0.508 e. The molecule has 1 fully saturated rings. The standard InChI is InChI=1S/C16H16N4O3/c21-11-5-3-10(4-6-11)13-8-17-14-15(18-13)20(16(22)19-14)9-12-2-1-7-23-12/h3-6,8,12,21H,1-2,7,9H2,(H,17,19,22). The number of hydrogen-bond donors (Lipinski definition) is 2. The highest BCUT2D eigenvalue weighted by molar-refractivity contribution is 5.71. The second kappa shape index (κ2) is 5.51. The van der Waals surface area contributed by atoms with Crippen LogP contribution in [-0.2, 0) is 11.3 Å². The van der Waals surface area contributed by atoms with Gasteiger partial charge in [0.05, 0.1) is 24.5 Å². The Hall–Kier alpha value is -2.67. The van der Waals surface area contributed by atoms with Gasteiger partial charge < -0.3 is 9.84 Å². The molecule has 0 saturated carbocycles. The first-order chi connectivity index (χ1) is 11.2. The number of ether oxygens (including phenoxy) is 1. The lowest BCUT2D eigenvalue weighted by molar-refractivity contribution is 0.0970. The summed E-state index contributed by atoms with van der Waals surface area (Å²) in [5.74, 6) is 0.194. The summed E-state index contributed by atoms with van der Waals surface area (Å²) in [4.78, 5) is 23.7.